The molecule has 2 N–H and O–H groups in total. The van der Waals surface area contributed by atoms with E-state index in [1.807, 2.05) is 49.4 Å². The predicted octanol–water partition coefficient (Wildman–Crippen LogP) is 2.59. The van der Waals surface area contributed by atoms with E-state index in [0.29, 0.717) is 0 Å². The van der Waals surface area contributed by atoms with Gasteiger partial charge in [0.1, 0.15) is 0 Å². The molecule has 0 spiro atoms. The second kappa shape index (κ2) is 7.40. The number of rotatable bonds is 4. The molecule has 1 unspecified atom stereocenters. The lowest BCUT2D eigenvalue weighted by molar-refractivity contribution is -0.120. The lowest BCUT2D eigenvalue weighted by Crippen LogP contribution is -2.51. The Morgan fingerprint density at radius 1 is 1.04 bits per heavy atom. The molecule has 4 nitrogen and oxygen atoms in total. The van der Waals surface area contributed by atoms with Gasteiger partial charge in [0.2, 0.25) is 5.91 Å². The standard InChI is InChI=1S/C19H23N3O/c1-15(22-13-11-20-12-14-22)19(23)21-18-10-6-5-9-17(18)16-7-3-2-4-8-16/h2-10,15,20H,11-14H2,1H3,(H,21,23). The minimum Gasteiger partial charge on any atom is -0.324 e. The molecule has 2 aromatic carbocycles. The minimum absolute atomic E-state index is 0.0512. The molecule has 1 aliphatic rings. The first kappa shape index (κ1) is 15.7. The van der Waals surface area contributed by atoms with Gasteiger partial charge in [-0.25, -0.2) is 0 Å². The molecule has 120 valence electrons. The third-order valence-electron chi connectivity index (χ3n) is 4.35. The normalized spacial score (nSPS) is 16.7. The first-order valence-corrected chi connectivity index (χ1v) is 8.16. The first-order chi connectivity index (χ1) is 11.3. The van der Waals surface area contributed by atoms with Crippen molar-refractivity contribution in [1.82, 2.24) is 10.2 Å². The molecule has 1 aliphatic heterocycles. The van der Waals surface area contributed by atoms with E-state index in [4.69, 9.17) is 0 Å². The van der Waals surface area contributed by atoms with Crippen LogP contribution in [-0.4, -0.2) is 43.0 Å². The van der Waals surface area contributed by atoms with Crippen LogP contribution in [0.1, 0.15) is 6.92 Å². The van der Waals surface area contributed by atoms with E-state index in [1.165, 1.54) is 0 Å². The molecule has 0 aliphatic carbocycles. The van der Waals surface area contributed by atoms with E-state index in [2.05, 4.69) is 27.7 Å². The average molecular weight is 309 g/mol. The van der Waals surface area contributed by atoms with Gasteiger partial charge in [-0.1, -0.05) is 48.5 Å². The Kier molecular flexibility index (Phi) is 5.05. The van der Waals surface area contributed by atoms with Crippen LogP contribution < -0.4 is 10.6 Å². The van der Waals surface area contributed by atoms with Crippen molar-refractivity contribution < 1.29 is 4.79 Å². The van der Waals surface area contributed by atoms with Crippen molar-refractivity contribution in [3.63, 3.8) is 0 Å². The van der Waals surface area contributed by atoms with E-state index in [9.17, 15) is 4.79 Å². The summed E-state index contributed by atoms with van der Waals surface area (Å²) in [4.78, 5) is 14.8. The quantitative estimate of drug-likeness (QED) is 0.912. The highest BCUT2D eigenvalue weighted by atomic mass is 16.2. The number of nitrogens with one attached hydrogen (secondary N) is 2. The number of carbonyl (C=O) groups is 1. The highest BCUT2D eigenvalue weighted by molar-refractivity contribution is 5.98. The van der Waals surface area contributed by atoms with Crippen LogP contribution >= 0.6 is 0 Å². The first-order valence-electron chi connectivity index (χ1n) is 8.16. The van der Waals surface area contributed by atoms with Gasteiger partial charge >= 0.3 is 0 Å². The highest BCUT2D eigenvalue weighted by Gasteiger charge is 2.23. The van der Waals surface area contributed by atoms with Gasteiger partial charge in [-0.15, -0.1) is 0 Å². The molecule has 3 rings (SSSR count). The van der Waals surface area contributed by atoms with Crippen LogP contribution in [0.2, 0.25) is 0 Å². The van der Waals surface area contributed by atoms with Gasteiger partial charge in [-0.05, 0) is 18.6 Å². The van der Waals surface area contributed by atoms with Gasteiger partial charge < -0.3 is 10.6 Å². The molecule has 0 saturated carbocycles. The summed E-state index contributed by atoms with van der Waals surface area (Å²) in [5.74, 6) is 0.0512. The Hall–Kier alpha value is -2.17. The van der Waals surface area contributed by atoms with Crippen LogP contribution in [0.25, 0.3) is 11.1 Å². The number of piperazine rings is 1. The van der Waals surface area contributed by atoms with Crippen LogP contribution in [0.3, 0.4) is 0 Å². The fraction of sp³-hybridized carbons (Fsp3) is 0.316. The van der Waals surface area contributed by atoms with Crippen molar-refractivity contribution in [1.29, 1.82) is 0 Å². The van der Waals surface area contributed by atoms with Crippen LogP contribution in [0, 0.1) is 0 Å². The molecular weight excluding hydrogens is 286 g/mol. The van der Waals surface area contributed by atoms with Crippen molar-refractivity contribution in [2.45, 2.75) is 13.0 Å². The number of benzene rings is 2. The van der Waals surface area contributed by atoms with Crippen LogP contribution in [-0.2, 0) is 4.79 Å². The summed E-state index contributed by atoms with van der Waals surface area (Å²) in [5.41, 5.74) is 3.03. The second-order valence-electron chi connectivity index (χ2n) is 5.86. The predicted molar refractivity (Wildman–Crippen MR) is 94.4 cm³/mol. The fourth-order valence-electron chi connectivity index (χ4n) is 2.93. The summed E-state index contributed by atoms with van der Waals surface area (Å²) in [6.45, 7) is 5.69. The van der Waals surface area contributed by atoms with Crippen molar-refractivity contribution in [3.8, 4) is 11.1 Å². The molecule has 1 saturated heterocycles. The van der Waals surface area contributed by atoms with Crippen molar-refractivity contribution in [2.24, 2.45) is 0 Å². The molecule has 0 aromatic heterocycles. The van der Waals surface area contributed by atoms with E-state index in [-0.39, 0.29) is 11.9 Å². The largest absolute Gasteiger partial charge is 0.324 e. The van der Waals surface area contributed by atoms with Crippen LogP contribution in [0.5, 0.6) is 0 Å². The summed E-state index contributed by atoms with van der Waals surface area (Å²) >= 11 is 0. The maximum absolute atomic E-state index is 12.6. The van der Waals surface area contributed by atoms with Gasteiger partial charge in [-0.3, -0.25) is 9.69 Å². The van der Waals surface area contributed by atoms with E-state index < -0.39 is 0 Å². The average Bonchev–Trinajstić information content (AvgIpc) is 2.63. The van der Waals surface area contributed by atoms with Gasteiger partial charge in [-0.2, -0.15) is 0 Å². The van der Waals surface area contributed by atoms with E-state index in [0.717, 1.165) is 43.0 Å². The molecule has 1 amide bonds. The lowest BCUT2D eigenvalue weighted by atomic mass is 10.0. The Balaban J connectivity index is 1.76. The van der Waals surface area contributed by atoms with Crippen molar-refractivity contribution in [3.05, 3.63) is 54.6 Å². The lowest BCUT2D eigenvalue weighted by Gasteiger charge is -2.32. The number of hydrogen-bond donors (Lipinski definition) is 2. The van der Waals surface area contributed by atoms with E-state index in [1.54, 1.807) is 0 Å². The van der Waals surface area contributed by atoms with Gasteiger partial charge in [0.25, 0.3) is 0 Å². The summed E-state index contributed by atoms with van der Waals surface area (Å²) < 4.78 is 0. The molecule has 0 radical (unpaired) electrons. The SMILES string of the molecule is CC(C(=O)Nc1ccccc1-c1ccccc1)N1CCNCC1. The third-order valence-corrected chi connectivity index (χ3v) is 4.35. The number of carbonyl (C=O) groups excluding carboxylic acids is 1. The summed E-state index contributed by atoms with van der Waals surface area (Å²) in [7, 11) is 0. The third kappa shape index (κ3) is 3.78. The zero-order valence-corrected chi connectivity index (χ0v) is 13.5. The molecule has 23 heavy (non-hydrogen) atoms. The fourth-order valence-corrected chi connectivity index (χ4v) is 2.93. The van der Waals surface area contributed by atoms with Crippen molar-refractivity contribution >= 4 is 11.6 Å². The number of anilines is 1. The number of hydrogen-bond acceptors (Lipinski definition) is 3. The van der Waals surface area contributed by atoms with Crippen LogP contribution in [0.15, 0.2) is 54.6 Å². The van der Waals surface area contributed by atoms with Crippen molar-refractivity contribution in [2.75, 3.05) is 31.5 Å². The van der Waals surface area contributed by atoms with Crippen LogP contribution in [0.4, 0.5) is 5.69 Å². The summed E-state index contributed by atoms with van der Waals surface area (Å²) in [5, 5.41) is 6.42. The maximum atomic E-state index is 12.6. The molecular formula is C19H23N3O. The number of amides is 1. The minimum atomic E-state index is -0.124. The Labute approximate surface area is 137 Å². The van der Waals surface area contributed by atoms with Gasteiger partial charge in [0, 0.05) is 37.4 Å². The highest BCUT2D eigenvalue weighted by Crippen LogP contribution is 2.27. The zero-order valence-electron chi connectivity index (χ0n) is 13.5. The molecule has 0 bridgehead atoms. The second-order valence-corrected chi connectivity index (χ2v) is 5.86. The molecule has 1 heterocycles. The topological polar surface area (TPSA) is 44.4 Å². The maximum Gasteiger partial charge on any atom is 0.241 e. The molecule has 2 aromatic rings. The molecule has 1 atom stereocenters. The Bertz CT molecular complexity index is 651. The molecule has 1 fully saturated rings. The monoisotopic (exact) mass is 309 g/mol. The molecule has 4 heteroatoms. The summed E-state index contributed by atoms with van der Waals surface area (Å²) in [6.07, 6.45) is 0. The Morgan fingerprint density at radius 3 is 2.43 bits per heavy atom. The number of para-hydroxylation sites is 1. The number of nitrogens with zero attached hydrogens (tertiary/aromatic N) is 1. The summed E-state index contributed by atoms with van der Waals surface area (Å²) in [6, 6.07) is 18.0. The smallest absolute Gasteiger partial charge is 0.241 e. The van der Waals surface area contributed by atoms with E-state index >= 15 is 0 Å². The van der Waals surface area contributed by atoms with Gasteiger partial charge in [0.15, 0.2) is 0 Å². The zero-order chi connectivity index (χ0) is 16.1. The Morgan fingerprint density at radius 2 is 1.70 bits per heavy atom. The van der Waals surface area contributed by atoms with Gasteiger partial charge in [0.05, 0.1) is 6.04 Å².